The van der Waals surface area contributed by atoms with Gasteiger partial charge in [0.25, 0.3) is 5.95 Å². The van der Waals surface area contributed by atoms with E-state index in [1.807, 2.05) is 20.3 Å². The van der Waals surface area contributed by atoms with Gasteiger partial charge in [0.1, 0.15) is 17.2 Å². The van der Waals surface area contributed by atoms with Gasteiger partial charge in [0.15, 0.2) is 0 Å². The van der Waals surface area contributed by atoms with Gasteiger partial charge in [-0.2, -0.15) is 23.1 Å². The first-order chi connectivity index (χ1) is 17.7. The number of likely N-dealkylation sites (N-methyl/N-ethyl adjacent to an activating group) is 2. The van der Waals surface area contributed by atoms with Crippen molar-refractivity contribution in [2.24, 2.45) is 16.6 Å². The number of hydrogen-bond donors (Lipinski definition) is 4. The van der Waals surface area contributed by atoms with E-state index in [0.717, 1.165) is 76.3 Å². The first kappa shape index (κ1) is 30.8. The Morgan fingerprint density at radius 2 is 1.95 bits per heavy atom. The molecule has 0 spiro atoms. The molecule has 1 heterocycles. The molecule has 2 rings (SSSR count). The van der Waals surface area contributed by atoms with Crippen LogP contribution >= 0.6 is 0 Å². The second-order valence-electron chi connectivity index (χ2n) is 9.78. The molecule has 5 N–H and O–H groups in total. The van der Waals surface area contributed by atoms with E-state index in [-0.39, 0.29) is 17.6 Å². The zero-order valence-corrected chi connectivity index (χ0v) is 22.8. The third-order valence-electron chi connectivity index (χ3n) is 6.39. The van der Waals surface area contributed by atoms with Crippen molar-refractivity contribution in [1.29, 1.82) is 0 Å². The van der Waals surface area contributed by atoms with Crippen molar-refractivity contribution >= 4 is 17.6 Å². The van der Waals surface area contributed by atoms with Crippen molar-refractivity contribution in [2.75, 3.05) is 45.6 Å². The van der Waals surface area contributed by atoms with E-state index in [4.69, 9.17) is 5.73 Å². The van der Waals surface area contributed by atoms with Crippen LogP contribution in [0.2, 0.25) is 0 Å². The van der Waals surface area contributed by atoms with E-state index in [2.05, 4.69) is 49.7 Å². The number of nitrogens with zero attached hydrogens (tertiary/aromatic N) is 4. The molecule has 1 aromatic rings. The van der Waals surface area contributed by atoms with Gasteiger partial charge in [0.05, 0.1) is 0 Å². The van der Waals surface area contributed by atoms with Crippen LogP contribution in [-0.4, -0.2) is 67.0 Å². The van der Waals surface area contributed by atoms with Gasteiger partial charge < -0.3 is 26.6 Å². The summed E-state index contributed by atoms with van der Waals surface area (Å²) in [6.07, 6.45) is 6.36. The average Bonchev–Trinajstić information content (AvgIpc) is 3.68. The molecule has 1 fully saturated rings. The first-order valence-corrected chi connectivity index (χ1v) is 13.5. The molecular weight excluding hydrogens is 481 g/mol. The molecule has 1 aliphatic rings. The molecule has 1 unspecified atom stereocenters. The van der Waals surface area contributed by atoms with E-state index in [1.54, 1.807) is 0 Å². The molecule has 0 aromatic carbocycles. The third kappa shape index (κ3) is 11.3. The predicted molar refractivity (Wildman–Crippen MR) is 145 cm³/mol. The molecule has 1 aliphatic carbocycles. The summed E-state index contributed by atoms with van der Waals surface area (Å²) in [4.78, 5) is 14.4. The molecule has 11 heteroatoms. The second-order valence-corrected chi connectivity index (χ2v) is 9.78. The number of rotatable bonds is 18. The van der Waals surface area contributed by atoms with Crippen molar-refractivity contribution in [2.45, 2.75) is 77.4 Å². The van der Waals surface area contributed by atoms with Crippen LogP contribution in [0.4, 0.5) is 24.9 Å². The quantitative estimate of drug-likeness (QED) is 0.125. The lowest BCUT2D eigenvalue weighted by Crippen LogP contribution is -2.29. The molecule has 8 nitrogen and oxygen atoms in total. The van der Waals surface area contributed by atoms with Crippen LogP contribution in [0.25, 0.3) is 0 Å². The number of halogens is 3. The molecule has 210 valence electrons. The Balaban J connectivity index is 2.15. The number of anilines is 1. The largest absolute Gasteiger partial charge is 0.421 e. The van der Waals surface area contributed by atoms with E-state index in [1.165, 1.54) is 0 Å². The fraction of sp³-hybridized carbons (Fsp3) is 0.731. The van der Waals surface area contributed by atoms with Crippen molar-refractivity contribution in [1.82, 2.24) is 25.5 Å². The summed E-state index contributed by atoms with van der Waals surface area (Å²) in [7, 11) is 3.86. The molecule has 0 saturated heterocycles. The minimum Gasteiger partial charge on any atom is -0.388 e. The third-order valence-corrected chi connectivity index (χ3v) is 6.39. The fourth-order valence-corrected chi connectivity index (χ4v) is 4.02. The van der Waals surface area contributed by atoms with Crippen LogP contribution in [-0.2, 0) is 6.18 Å². The second kappa shape index (κ2) is 15.8. The Bertz CT molecular complexity index is 868. The van der Waals surface area contributed by atoms with Crippen LogP contribution in [0.3, 0.4) is 0 Å². The van der Waals surface area contributed by atoms with Gasteiger partial charge in [0, 0.05) is 43.6 Å². The minimum atomic E-state index is -4.57. The van der Waals surface area contributed by atoms with Gasteiger partial charge in [-0.05, 0) is 58.7 Å². The summed E-state index contributed by atoms with van der Waals surface area (Å²) in [5.74, 6) is 0.195. The van der Waals surface area contributed by atoms with Crippen molar-refractivity contribution in [3.05, 3.63) is 23.5 Å². The maximum Gasteiger partial charge on any atom is 0.421 e. The van der Waals surface area contributed by atoms with Gasteiger partial charge in [-0.3, -0.25) is 0 Å². The molecule has 1 atom stereocenters. The normalized spacial score (nSPS) is 15.8. The summed E-state index contributed by atoms with van der Waals surface area (Å²) >= 11 is 0. The first-order valence-electron chi connectivity index (χ1n) is 13.5. The molecule has 0 aliphatic heterocycles. The lowest BCUT2D eigenvalue weighted by atomic mass is 10.0. The molecule has 0 bridgehead atoms. The maximum atomic E-state index is 13.6. The highest BCUT2D eigenvalue weighted by molar-refractivity contribution is 5.99. The summed E-state index contributed by atoms with van der Waals surface area (Å²) < 4.78 is 40.7. The molecule has 0 amide bonds. The number of aromatic nitrogens is 2. The molecule has 1 saturated carbocycles. The highest BCUT2D eigenvalue weighted by Gasteiger charge is 2.35. The van der Waals surface area contributed by atoms with Gasteiger partial charge in [-0.25, -0.2) is 4.98 Å². The Labute approximate surface area is 219 Å². The smallest absolute Gasteiger partial charge is 0.388 e. The highest BCUT2D eigenvalue weighted by atomic mass is 19.4. The summed E-state index contributed by atoms with van der Waals surface area (Å²) in [6, 6.07) is 0.363. The maximum absolute atomic E-state index is 13.6. The zero-order valence-electron chi connectivity index (χ0n) is 22.8. The predicted octanol–water partition coefficient (Wildman–Crippen LogP) is 4.68. The number of amidine groups is 1. The number of unbranched alkanes of at least 4 members (excludes halogenated alkanes) is 1. The molecular formula is C26H45F3N8. The van der Waals surface area contributed by atoms with Gasteiger partial charge in [-0.1, -0.05) is 33.1 Å². The Kier molecular flexibility index (Phi) is 13.1. The van der Waals surface area contributed by atoms with E-state index in [0.29, 0.717) is 24.9 Å². The van der Waals surface area contributed by atoms with Crippen LogP contribution in [0.15, 0.2) is 23.0 Å². The van der Waals surface area contributed by atoms with Gasteiger partial charge in [-0.15, -0.1) is 0 Å². The number of nitrogens with one attached hydrogen (secondary N) is 3. The lowest BCUT2D eigenvalue weighted by Gasteiger charge is -2.18. The monoisotopic (exact) mass is 526 g/mol. The van der Waals surface area contributed by atoms with E-state index < -0.39 is 11.7 Å². The van der Waals surface area contributed by atoms with Gasteiger partial charge >= 0.3 is 6.18 Å². The standard InChI is InChI=1S/C26H45F3N8/c1-5-7-10-20(9-6-2)33-17-21(19-11-12-19)23(30)35-25-34-18-22(26(27,28)29)24(36-25)32-13-8-15-37(4)16-14-31-3/h17-20,31,33H,5-16H2,1-4H3,(H3,30,32,34,35,36)/b21-17-. The zero-order chi connectivity index (χ0) is 27.3. The lowest BCUT2D eigenvalue weighted by molar-refractivity contribution is -0.137. The van der Waals surface area contributed by atoms with Crippen molar-refractivity contribution in [3.63, 3.8) is 0 Å². The van der Waals surface area contributed by atoms with Crippen LogP contribution in [0.1, 0.15) is 70.8 Å². The minimum absolute atomic E-state index is 0.0817. The number of alkyl halides is 3. The molecule has 1 aromatic heterocycles. The van der Waals surface area contributed by atoms with Crippen molar-refractivity contribution < 1.29 is 13.2 Å². The molecule has 0 radical (unpaired) electrons. The van der Waals surface area contributed by atoms with Crippen LogP contribution in [0.5, 0.6) is 0 Å². The number of aliphatic imine (C=N–C) groups is 1. The molecule has 37 heavy (non-hydrogen) atoms. The SMILES string of the molecule is CCCCC(CCC)N/C=C(\C(N)=N\c1ncc(C(F)(F)F)c(NCCCN(C)CCNC)n1)C1CC1. The number of nitrogens with two attached hydrogens (primary N) is 1. The summed E-state index contributed by atoms with van der Waals surface area (Å²) in [5.41, 5.74) is 6.29. The highest BCUT2D eigenvalue weighted by Crippen LogP contribution is 2.37. The van der Waals surface area contributed by atoms with Crippen LogP contribution in [0, 0.1) is 5.92 Å². The topological polar surface area (TPSA) is 103 Å². The van der Waals surface area contributed by atoms with E-state index in [9.17, 15) is 13.2 Å². The van der Waals surface area contributed by atoms with Crippen LogP contribution < -0.4 is 21.7 Å². The summed E-state index contributed by atoms with van der Waals surface area (Å²) in [6.45, 7) is 7.14. The van der Waals surface area contributed by atoms with Gasteiger partial charge in [0.2, 0.25) is 0 Å². The van der Waals surface area contributed by atoms with E-state index >= 15 is 0 Å². The average molecular weight is 527 g/mol. The Hall–Kier alpha value is -2.40. The van der Waals surface area contributed by atoms with Crippen molar-refractivity contribution in [3.8, 4) is 0 Å². The fourth-order valence-electron chi connectivity index (χ4n) is 4.02. The summed E-state index contributed by atoms with van der Waals surface area (Å²) in [5, 5.41) is 9.42. The Morgan fingerprint density at radius 3 is 2.57 bits per heavy atom. The Morgan fingerprint density at radius 1 is 1.19 bits per heavy atom. The number of hydrogen-bond acceptors (Lipinski definition) is 7.